The molecule has 0 aromatic rings. The average Bonchev–Trinajstić information content (AvgIpc) is 2.38. The zero-order chi connectivity index (χ0) is 16.4. The van der Waals surface area contributed by atoms with Gasteiger partial charge >= 0.3 is 7.82 Å². The molecule has 21 heavy (non-hydrogen) atoms. The summed E-state index contributed by atoms with van der Waals surface area (Å²) in [6.07, 6.45) is 5.75. The minimum Gasteiger partial charge on any atom is -0.314 e. The third-order valence-electron chi connectivity index (χ3n) is 1.25. The molecule has 128 valence electrons. The topological polar surface area (TPSA) is 152 Å². The van der Waals surface area contributed by atoms with Crippen LogP contribution in [0.3, 0.4) is 0 Å². The van der Waals surface area contributed by atoms with Crippen LogP contribution in [0.15, 0.2) is 12.3 Å². The molecule has 0 unspecified atom stereocenters. The molecule has 0 aromatic heterocycles. The normalized spacial score (nSPS) is 11.3. The van der Waals surface area contributed by atoms with Crippen molar-refractivity contribution >= 4 is 7.82 Å². The molecule has 0 spiro atoms. The lowest BCUT2D eigenvalue weighted by molar-refractivity contribution is -0.811. The van der Waals surface area contributed by atoms with Crippen LogP contribution in [0.4, 0.5) is 0 Å². The number of phosphoric acid groups is 1. The molecular formula is C8H19O12P. The summed E-state index contributed by atoms with van der Waals surface area (Å²) in [5.74, 6) is 0. The van der Waals surface area contributed by atoms with Gasteiger partial charge in [0, 0.05) is 15.1 Å². The van der Waals surface area contributed by atoms with Gasteiger partial charge in [-0.3, -0.25) is 0 Å². The third kappa shape index (κ3) is 38.2. The molecule has 0 aliphatic rings. The fourth-order valence-corrected chi connectivity index (χ4v) is 0.604. The Morgan fingerprint density at radius 2 is 1.48 bits per heavy atom. The summed E-state index contributed by atoms with van der Waals surface area (Å²) in [6.45, 7) is 4.17. The van der Waals surface area contributed by atoms with E-state index >= 15 is 0 Å². The van der Waals surface area contributed by atoms with Gasteiger partial charge in [0.15, 0.2) is 0 Å². The zero-order valence-corrected chi connectivity index (χ0v) is 12.3. The lowest BCUT2D eigenvalue weighted by Gasteiger charge is -1.99. The van der Waals surface area contributed by atoms with Crippen LogP contribution in [0.25, 0.3) is 0 Å². The van der Waals surface area contributed by atoms with Gasteiger partial charge < -0.3 is 19.6 Å². The SMILES string of the molecule is CC=COOOOOOOOCCCCC.O=P(O)(O)O. The second kappa shape index (κ2) is 17.4. The molecular weight excluding hydrogens is 319 g/mol. The van der Waals surface area contributed by atoms with Gasteiger partial charge in [0.1, 0.15) is 6.26 Å². The van der Waals surface area contributed by atoms with E-state index in [2.05, 4.69) is 46.9 Å². The molecule has 12 nitrogen and oxygen atoms in total. The third-order valence-corrected chi connectivity index (χ3v) is 1.25. The Morgan fingerprint density at radius 3 is 2.00 bits per heavy atom. The first-order chi connectivity index (χ1) is 9.91. The van der Waals surface area contributed by atoms with E-state index in [0.29, 0.717) is 6.61 Å². The van der Waals surface area contributed by atoms with Gasteiger partial charge in [-0.1, -0.05) is 19.8 Å². The summed E-state index contributed by atoms with van der Waals surface area (Å²) in [7, 11) is -4.64. The van der Waals surface area contributed by atoms with Gasteiger partial charge in [-0.05, 0) is 34.5 Å². The van der Waals surface area contributed by atoms with Gasteiger partial charge in [0.25, 0.3) is 0 Å². The van der Waals surface area contributed by atoms with Gasteiger partial charge in [0.2, 0.25) is 0 Å². The van der Waals surface area contributed by atoms with Crippen molar-refractivity contribution in [2.75, 3.05) is 6.61 Å². The quantitative estimate of drug-likeness (QED) is 0.155. The van der Waals surface area contributed by atoms with E-state index in [1.807, 2.05) is 0 Å². The maximum absolute atomic E-state index is 8.88. The van der Waals surface area contributed by atoms with Crippen LogP contribution in [0, 0.1) is 0 Å². The molecule has 0 atom stereocenters. The monoisotopic (exact) mass is 338 g/mol. The lowest BCUT2D eigenvalue weighted by Crippen LogP contribution is -2.02. The Bertz CT molecular complexity index is 258. The average molecular weight is 338 g/mol. The molecule has 0 aliphatic carbocycles. The summed E-state index contributed by atoms with van der Waals surface area (Å²) in [5.41, 5.74) is 0. The number of rotatable bonds is 12. The van der Waals surface area contributed by atoms with E-state index in [1.165, 1.54) is 6.26 Å². The van der Waals surface area contributed by atoms with Crippen molar-refractivity contribution in [3.63, 3.8) is 0 Å². The molecule has 0 bridgehead atoms. The van der Waals surface area contributed by atoms with Crippen LogP contribution < -0.4 is 0 Å². The van der Waals surface area contributed by atoms with Crippen molar-refractivity contribution in [2.45, 2.75) is 33.1 Å². The van der Waals surface area contributed by atoms with E-state index in [-0.39, 0.29) is 0 Å². The molecule has 0 aromatic carbocycles. The predicted octanol–water partition coefficient (Wildman–Crippen LogP) is 1.32. The highest BCUT2D eigenvalue weighted by Crippen LogP contribution is 2.25. The van der Waals surface area contributed by atoms with E-state index in [9.17, 15) is 0 Å². The summed E-state index contributed by atoms with van der Waals surface area (Å²) in [5, 5.41) is 23.3. The summed E-state index contributed by atoms with van der Waals surface area (Å²) >= 11 is 0. The van der Waals surface area contributed by atoms with Gasteiger partial charge in [-0.15, -0.1) is 0 Å². The summed E-state index contributed by atoms with van der Waals surface area (Å²) in [4.78, 5) is 30.3. The predicted molar refractivity (Wildman–Crippen MR) is 62.1 cm³/mol. The van der Waals surface area contributed by atoms with E-state index in [1.54, 1.807) is 13.0 Å². The molecule has 0 amide bonds. The van der Waals surface area contributed by atoms with Crippen LogP contribution in [0.2, 0.25) is 0 Å². The van der Waals surface area contributed by atoms with Crippen molar-refractivity contribution in [2.24, 2.45) is 0 Å². The Morgan fingerprint density at radius 1 is 0.952 bits per heavy atom. The maximum atomic E-state index is 8.88. The molecule has 3 N–H and O–H groups in total. The van der Waals surface area contributed by atoms with Crippen molar-refractivity contribution in [1.29, 1.82) is 0 Å². The van der Waals surface area contributed by atoms with Crippen LogP contribution in [-0.4, -0.2) is 21.3 Å². The Hall–Kier alpha value is -0.630. The Labute approximate surface area is 120 Å². The molecule has 0 saturated carbocycles. The standard InChI is InChI=1S/C8H16O8.H3O4P/c1-3-5-6-8-10-12-14-16-15-13-11-9-7-4-2;1-5(2,3)4/h4,7H,3,5-6,8H2,1-2H3;(H3,1,2,3,4). The van der Waals surface area contributed by atoms with Crippen LogP contribution in [-0.2, 0) is 44.6 Å². The number of unbranched alkanes of at least 4 members (excludes halogenated alkanes) is 2. The Balaban J connectivity index is 0. The molecule has 0 saturated heterocycles. The summed E-state index contributed by atoms with van der Waals surface area (Å²) < 4.78 is 8.88. The van der Waals surface area contributed by atoms with Crippen LogP contribution >= 0.6 is 7.82 Å². The van der Waals surface area contributed by atoms with E-state index < -0.39 is 7.82 Å². The first-order valence-corrected chi connectivity index (χ1v) is 7.16. The van der Waals surface area contributed by atoms with E-state index in [0.717, 1.165) is 19.3 Å². The first kappa shape index (κ1) is 22.6. The number of allylic oxidation sites excluding steroid dienone is 1. The van der Waals surface area contributed by atoms with Crippen molar-refractivity contribution < 1.29 is 59.3 Å². The van der Waals surface area contributed by atoms with Crippen LogP contribution in [0.1, 0.15) is 33.1 Å². The first-order valence-electron chi connectivity index (χ1n) is 5.59. The molecule has 0 aliphatic heterocycles. The minimum absolute atomic E-state index is 0.388. The van der Waals surface area contributed by atoms with Crippen molar-refractivity contribution in [1.82, 2.24) is 0 Å². The highest BCUT2D eigenvalue weighted by molar-refractivity contribution is 7.45. The van der Waals surface area contributed by atoms with Crippen LogP contribution in [0.5, 0.6) is 0 Å². The fourth-order valence-electron chi connectivity index (χ4n) is 0.604. The second-order valence-corrected chi connectivity index (χ2v) is 4.04. The number of hydrogen-bond donors (Lipinski definition) is 3. The lowest BCUT2D eigenvalue weighted by atomic mass is 10.3. The van der Waals surface area contributed by atoms with Crippen molar-refractivity contribution in [3.05, 3.63) is 12.3 Å². The number of hydrogen-bond acceptors (Lipinski definition) is 9. The molecule has 0 heterocycles. The van der Waals surface area contributed by atoms with Crippen molar-refractivity contribution in [3.8, 4) is 0 Å². The molecule has 0 fully saturated rings. The van der Waals surface area contributed by atoms with Gasteiger partial charge in [0.05, 0.1) is 6.61 Å². The largest absolute Gasteiger partial charge is 0.466 e. The smallest absolute Gasteiger partial charge is 0.314 e. The Kier molecular flexibility index (Phi) is 18.8. The van der Waals surface area contributed by atoms with Gasteiger partial charge in [-0.2, -0.15) is 0 Å². The van der Waals surface area contributed by atoms with Gasteiger partial charge in [-0.25, -0.2) is 9.45 Å². The zero-order valence-electron chi connectivity index (χ0n) is 11.4. The second-order valence-electron chi connectivity index (χ2n) is 3.02. The summed E-state index contributed by atoms with van der Waals surface area (Å²) in [6, 6.07) is 0. The minimum atomic E-state index is -4.64. The molecule has 0 rings (SSSR count). The molecule has 0 radical (unpaired) electrons. The molecule has 13 heteroatoms. The van der Waals surface area contributed by atoms with E-state index in [4.69, 9.17) is 19.2 Å². The maximum Gasteiger partial charge on any atom is 0.466 e. The highest BCUT2D eigenvalue weighted by Gasteiger charge is 2.00. The highest BCUT2D eigenvalue weighted by atomic mass is 31.2. The fraction of sp³-hybridized carbons (Fsp3) is 0.750.